The van der Waals surface area contributed by atoms with Crippen LogP contribution < -0.4 is 10.1 Å². The highest BCUT2D eigenvalue weighted by atomic mass is 127. The molecule has 23 heavy (non-hydrogen) atoms. The quantitative estimate of drug-likeness (QED) is 0.450. The number of aromatic hydroxyl groups is 1. The zero-order chi connectivity index (χ0) is 16.8. The van der Waals surface area contributed by atoms with Crippen LogP contribution in [0.5, 0.6) is 11.5 Å². The summed E-state index contributed by atoms with van der Waals surface area (Å²) >= 11 is 2.10. The summed E-state index contributed by atoms with van der Waals surface area (Å²) in [6.07, 6.45) is 1.44. The van der Waals surface area contributed by atoms with E-state index in [1.54, 1.807) is 24.3 Å². The van der Waals surface area contributed by atoms with Gasteiger partial charge in [0, 0.05) is 3.57 Å². The van der Waals surface area contributed by atoms with Gasteiger partial charge in [0.15, 0.2) is 11.5 Å². The number of ether oxygens (including phenoxy) is 1. The van der Waals surface area contributed by atoms with E-state index in [0.29, 0.717) is 11.3 Å². The maximum Gasteiger partial charge on any atom is 0.266 e. The van der Waals surface area contributed by atoms with E-state index in [1.807, 2.05) is 18.2 Å². The normalized spacial score (nSPS) is 10.7. The predicted octanol–water partition coefficient (Wildman–Crippen LogP) is 3.55. The van der Waals surface area contributed by atoms with Crippen molar-refractivity contribution in [1.29, 1.82) is 5.26 Å². The highest BCUT2D eigenvalue weighted by molar-refractivity contribution is 14.1. The number of anilines is 1. The van der Waals surface area contributed by atoms with E-state index in [2.05, 4.69) is 27.9 Å². The summed E-state index contributed by atoms with van der Waals surface area (Å²) in [7, 11) is 1.43. The molecule has 2 rings (SSSR count). The highest BCUT2D eigenvalue weighted by Gasteiger charge is 2.11. The Kier molecular flexibility index (Phi) is 5.60. The van der Waals surface area contributed by atoms with Gasteiger partial charge in [0.05, 0.1) is 12.8 Å². The van der Waals surface area contributed by atoms with Gasteiger partial charge in [0.2, 0.25) is 0 Å². The molecule has 2 aromatic rings. The number of hydrogen-bond donors (Lipinski definition) is 2. The minimum Gasteiger partial charge on any atom is -0.504 e. The zero-order valence-corrected chi connectivity index (χ0v) is 14.4. The molecule has 0 saturated heterocycles. The van der Waals surface area contributed by atoms with Gasteiger partial charge in [-0.3, -0.25) is 4.79 Å². The van der Waals surface area contributed by atoms with E-state index >= 15 is 0 Å². The molecule has 0 aliphatic carbocycles. The molecule has 0 unspecified atom stereocenters. The lowest BCUT2D eigenvalue weighted by Crippen LogP contribution is -2.14. The molecule has 0 radical (unpaired) electrons. The Labute approximate surface area is 147 Å². The largest absolute Gasteiger partial charge is 0.504 e. The topological polar surface area (TPSA) is 82.3 Å². The Balaban J connectivity index is 2.27. The minimum atomic E-state index is -0.497. The van der Waals surface area contributed by atoms with Crippen molar-refractivity contribution in [2.45, 2.75) is 0 Å². The Morgan fingerprint density at radius 2 is 2.09 bits per heavy atom. The standard InChI is InChI=1S/C17H13IN2O3/c1-23-16-9-11(6-7-15(16)21)8-12(10-19)17(22)20-14-5-3-2-4-13(14)18/h2-9,21H,1H3,(H,20,22)/b12-8-. The molecule has 1 amide bonds. The SMILES string of the molecule is COc1cc(/C=C(/C#N)C(=O)Nc2ccccc2I)ccc1O. The van der Waals surface area contributed by atoms with Crippen molar-refractivity contribution in [3.05, 3.63) is 57.2 Å². The van der Waals surface area contributed by atoms with E-state index in [9.17, 15) is 15.2 Å². The molecule has 0 fully saturated rings. The van der Waals surface area contributed by atoms with Crippen LogP contribution in [0.4, 0.5) is 5.69 Å². The van der Waals surface area contributed by atoms with Crippen molar-refractivity contribution in [3.8, 4) is 17.6 Å². The van der Waals surface area contributed by atoms with Gasteiger partial charge in [0.25, 0.3) is 5.91 Å². The van der Waals surface area contributed by atoms with Gasteiger partial charge < -0.3 is 15.2 Å². The highest BCUT2D eigenvalue weighted by Crippen LogP contribution is 2.27. The average molecular weight is 420 g/mol. The van der Waals surface area contributed by atoms with Gasteiger partial charge >= 0.3 is 0 Å². The second-order valence-corrected chi connectivity index (χ2v) is 5.70. The Morgan fingerprint density at radius 3 is 2.74 bits per heavy atom. The number of nitriles is 1. The summed E-state index contributed by atoms with van der Waals surface area (Å²) in [6, 6.07) is 13.8. The minimum absolute atomic E-state index is 0.00792. The maximum atomic E-state index is 12.2. The Bertz CT molecular complexity index is 810. The number of methoxy groups -OCH3 is 1. The van der Waals surface area contributed by atoms with Gasteiger partial charge in [-0.2, -0.15) is 5.26 Å². The molecule has 0 atom stereocenters. The Hall–Kier alpha value is -2.53. The molecular formula is C17H13IN2O3. The number of phenolic OH excluding ortho intramolecular Hbond substituents is 1. The summed E-state index contributed by atoms with van der Waals surface area (Å²) < 4.78 is 5.89. The molecular weight excluding hydrogens is 407 g/mol. The number of rotatable bonds is 4. The van der Waals surface area contributed by atoms with E-state index < -0.39 is 5.91 Å². The van der Waals surface area contributed by atoms with Crippen LogP contribution >= 0.6 is 22.6 Å². The second-order valence-electron chi connectivity index (χ2n) is 4.54. The summed E-state index contributed by atoms with van der Waals surface area (Å²) in [5.74, 6) is -0.232. The van der Waals surface area contributed by atoms with Gasteiger partial charge in [-0.05, 0) is 58.5 Å². The van der Waals surface area contributed by atoms with E-state index in [4.69, 9.17) is 4.74 Å². The van der Waals surface area contributed by atoms with Crippen molar-refractivity contribution in [2.75, 3.05) is 12.4 Å². The molecule has 116 valence electrons. The van der Waals surface area contributed by atoms with E-state index in [1.165, 1.54) is 19.3 Å². The molecule has 0 aromatic heterocycles. The summed E-state index contributed by atoms with van der Waals surface area (Å²) in [4.78, 5) is 12.2. The third-order valence-electron chi connectivity index (χ3n) is 3.00. The Morgan fingerprint density at radius 1 is 1.35 bits per heavy atom. The third-order valence-corrected chi connectivity index (χ3v) is 3.94. The third kappa shape index (κ3) is 4.23. The lowest BCUT2D eigenvalue weighted by Gasteiger charge is -2.07. The van der Waals surface area contributed by atoms with Crippen LogP contribution in [0.2, 0.25) is 0 Å². The van der Waals surface area contributed by atoms with Crippen LogP contribution in [-0.2, 0) is 4.79 Å². The molecule has 0 aliphatic rings. The molecule has 0 heterocycles. The number of amides is 1. The van der Waals surface area contributed by atoms with Crippen molar-refractivity contribution in [2.24, 2.45) is 0 Å². The molecule has 0 spiro atoms. The molecule has 2 aromatic carbocycles. The van der Waals surface area contributed by atoms with Crippen molar-refractivity contribution in [1.82, 2.24) is 0 Å². The number of nitrogens with one attached hydrogen (secondary N) is 1. The van der Waals surface area contributed by atoms with E-state index in [-0.39, 0.29) is 17.1 Å². The fourth-order valence-corrected chi connectivity index (χ4v) is 2.37. The van der Waals surface area contributed by atoms with Crippen LogP contribution in [0.1, 0.15) is 5.56 Å². The predicted molar refractivity (Wildman–Crippen MR) is 96.0 cm³/mol. The molecule has 0 saturated carbocycles. The number of phenols is 1. The maximum absolute atomic E-state index is 12.2. The van der Waals surface area contributed by atoms with Crippen LogP contribution in [0.3, 0.4) is 0 Å². The number of hydrogen-bond acceptors (Lipinski definition) is 4. The van der Waals surface area contributed by atoms with Crippen LogP contribution in [-0.4, -0.2) is 18.1 Å². The van der Waals surface area contributed by atoms with Gasteiger partial charge in [-0.1, -0.05) is 18.2 Å². The number of nitrogens with zero attached hydrogens (tertiary/aromatic N) is 1. The fourth-order valence-electron chi connectivity index (χ4n) is 1.85. The lowest BCUT2D eigenvalue weighted by molar-refractivity contribution is -0.112. The second kappa shape index (κ2) is 7.65. The average Bonchev–Trinajstić information content (AvgIpc) is 2.56. The number of benzene rings is 2. The van der Waals surface area contributed by atoms with Crippen LogP contribution in [0, 0.1) is 14.9 Å². The van der Waals surface area contributed by atoms with Crippen molar-refractivity contribution < 1.29 is 14.6 Å². The first kappa shape index (κ1) is 16.8. The van der Waals surface area contributed by atoms with Crippen molar-refractivity contribution >= 4 is 40.3 Å². The molecule has 2 N–H and O–H groups in total. The van der Waals surface area contributed by atoms with Crippen molar-refractivity contribution in [3.63, 3.8) is 0 Å². The first-order valence-electron chi connectivity index (χ1n) is 6.60. The molecule has 0 bridgehead atoms. The smallest absolute Gasteiger partial charge is 0.266 e. The summed E-state index contributed by atoms with van der Waals surface area (Å²) in [6.45, 7) is 0. The summed E-state index contributed by atoms with van der Waals surface area (Å²) in [5.41, 5.74) is 1.18. The lowest BCUT2D eigenvalue weighted by atomic mass is 10.1. The van der Waals surface area contributed by atoms with Gasteiger partial charge in [-0.15, -0.1) is 0 Å². The first-order chi connectivity index (χ1) is 11.0. The van der Waals surface area contributed by atoms with Crippen LogP contribution in [0.25, 0.3) is 6.08 Å². The molecule has 0 aliphatic heterocycles. The van der Waals surface area contributed by atoms with Gasteiger partial charge in [-0.25, -0.2) is 0 Å². The molecule has 6 heteroatoms. The monoisotopic (exact) mass is 420 g/mol. The summed E-state index contributed by atoms with van der Waals surface area (Å²) in [5, 5.41) is 21.5. The van der Waals surface area contributed by atoms with Gasteiger partial charge in [0.1, 0.15) is 11.6 Å². The number of carbonyl (C=O) groups excluding carboxylic acids is 1. The number of para-hydroxylation sites is 1. The molecule has 5 nitrogen and oxygen atoms in total. The number of carbonyl (C=O) groups is 1. The van der Waals surface area contributed by atoms with E-state index in [0.717, 1.165) is 3.57 Å². The van der Waals surface area contributed by atoms with Crippen LogP contribution in [0.15, 0.2) is 48.0 Å². The first-order valence-corrected chi connectivity index (χ1v) is 7.67. The number of halogens is 1. The zero-order valence-electron chi connectivity index (χ0n) is 12.2. The fraction of sp³-hybridized carbons (Fsp3) is 0.0588.